The molecule has 2 aromatic carbocycles. The number of nitrogens with zero attached hydrogens (tertiary/aromatic N) is 2. The predicted molar refractivity (Wildman–Crippen MR) is 117 cm³/mol. The average molecular weight is 504 g/mol. The van der Waals surface area contributed by atoms with Crippen molar-refractivity contribution in [2.45, 2.75) is 6.61 Å². The van der Waals surface area contributed by atoms with Crippen molar-refractivity contribution in [2.24, 2.45) is 0 Å². The van der Waals surface area contributed by atoms with Gasteiger partial charge in [0, 0.05) is 13.1 Å². The summed E-state index contributed by atoms with van der Waals surface area (Å²) >= 11 is 2.17. The van der Waals surface area contributed by atoms with Crippen molar-refractivity contribution in [3.8, 4) is 17.6 Å². The number of carbonyl (C=O) groups is 1. The topological polar surface area (TPSA) is 71.8 Å². The van der Waals surface area contributed by atoms with Gasteiger partial charge in [0.05, 0.1) is 23.9 Å². The summed E-state index contributed by atoms with van der Waals surface area (Å²) in [6.07, 6.45) is 1.59. The third-order valence-corrected chi connectivity index (χ3v) is 5.24. The zero-order valence-electron chi connectivity index (χ0n) is 16.1. The Morgan fingerprint density at radius 1 is 1.28 bits per heavy atom. The first-order valence-electron chi connectivity index (χ1n) is 9.15. The monoisotopic (exact) mass is 504 g/mol. The van der Waals surface area contributed by atoms with Crippen molar-refractivity contribution in [2.75, 3.05) is 33.4 Å². The Labute approximate surface area is 183 Å². The number of carbonyl (C=O) groups excluding carboxylic acids is 1. The zero-order valence-corrected chi connectivity index (χ0v) is 18.2. The van der Waals surface area contributed by atoms with Crippen LogP contribution in [0.5, 0.6) is 11.5 Å². The highest BCUT2D eigenvalue weighted by Crippen LogP contribution is 2.35. The number of hydrogen-bond donors (Lipinski definition) is 0. The van der Waals surface area contributed by atoms with E-state index in [1.807, 2.05) is 42.5 Å². The third kappa shape index (κ3) is 5.49. The summed E-state index contributed by atoms with van der Waals surface area (Å²) in [5.74, 6) is 0.900. The molecule has 0 spiro atoms. The van der Waals surface area contributed by atoms with Gasteiger partial charge in [-0.05, 0) is 51.9 Å². The summed E-state index contributed by atoms with van der Waals surface area (Å²) in [6.45, 7) is 2.38. The summed E-state index contributed by atoms with van der Waals surface area (Å²) in [4.78, 5) is 14.3. The molecule has 2 aromatic rings. The molecule has 0 N–H and O–H groups in total. The zero-order chi connectivity index (χ0) is 20.6. The van der Waals surface area contributed by atoms with Crippen molar-refractivity contribution < 1.29 is 19.0 Å². The van der Waals surface area contributed by atoms with Gasteiger partial charge in [0.25, 0.3) is 5.91 Å². The van der Waals surface area contributed by atoms with E-state index in [-0.39, 0.29) is 11.5 Å². The molecule has 29 heavy (non-hydrogen) atoms. The fourth-order valence-electron chi connectivity index (χ4n) is 2.94. The lowest BCUT2D eigenvalue weighted by molar-refractivity contribution is -0.130. The van der Waals surface area contributed by atoms with Gasteiger partial charge in [-0.25, -0.2) is 0 Å². The molecule has 6 nitrogen and oxygen atoms in total. The number of rotatable bonds is 6. The molecule has 0 radical (unpaired) electrons. The van der Waals surface area contributed by atoms with Crippen LogP contribution in [0.25, 0.3) is 6.08 Å². The van der Waals surface area contributed by atoms with E-state index in [1.54, 1.807) is 24.2 Å². The van der Waals surface area contributed by atoms with E-state index in [1.165, 1.54) is 0 Å². The van der Waals surface area contributed by atoms with Crippen molar-refractivity contribution in [3.05, 3.63) is 62.7 Å². The van der Waals surface area contributed by atoms with Crippen LogP contribution in [0.3, 0.4) is 0 Å². The van der Waals surface area contributed by atoms with Gasteiger partial charge in [0.15, 0.2) is 11.5 Å². The maximum absolute atomic E-state index is 12.6. The number of hydrogen-bond acceptors (Lipinski definition) is 5. The van der Waals surface area contributed by atoms with Crippen molar-refractivity contribution in [1.82, 2.24) is 4.90 Å². The SMILES string of the molecule is COc1cc(/C=C(\C#N)C(=O)N2CCOCC2)cc(I)c1OCc1ccccc1. The number of ether oxygens (including phenoxy) is 3. The Morgan fingerprint density at radius 2 is 2.00 bits per heavy atom. The minimum atomic E-state index is -0.283. The van der Waals surface area contributed by atoms with Crippen LogP contribution < -0.4 is 9.47 Å². The van der Waals surface area contributed by atoms with Crippen molar-refractivity contribution in [3.63, 3.8) is 0 Å². The summed E-state index contributed by atoms with van der Waals surface area (Å²) in [5, 5.41) is 9.49. The maximum Gasteiger partial charge on any atom is 0.264 e. The maximum atomic E-state index is 12.6. The molecule has 7 heteroatoms. The Kier molecular flexibility index (Phi) is 7.49. The normalized spacial score (nSPS) is 14.2. The number of amides is 1. The fourth-order valence-corrected chi connectivity index (χ4v) is 3.72. The molecule has 0 saturated carbocycles. The molecule has 0 aromatic heterocycles. The van der Waals surface area contributed by atoms with Gasteiger partial charge < -0.3 is 19.1 Å². The molecule has 150 valence electrons. The van der Waals surface area contributed by atoms with Crippen LogP contribution in [0.2, 0.25) is 0 Å². The molecule has 3 rings (SSSR count). The van der Waals surface area contributed by atoms with E-state index in [0.717, 1.165) is 9.13 Å². The lowest BCUT2D eigenvalue weighted by atomic mass is 10.1. The van der Waals surface area contributed by atoms with Gasteiger partial charge in [0.2, 0.25) is 0 Å². The standard InChI is InChI=1S/C22H21IN2O4/c1-27-20-13-17(11-18(14-24)22(26)25-7-9-28-10-8-25)12-19(23)21(20)29-15-16-5-3-2-4-6-16/h2-6,11-13H,7-10,15H2,1H3/b18-11+. The van der Waals surface area contributed by atoms with Gasteiger partial charge in [-0.2, -0.15) is 5.26 Å². The number of methoxy groups -OCH3 is 1. The first-order valence-corrected chi connectivity index (χ1v) is 10.2. The van der Waals surface area contributed by atoms with E-state index in [0.29, 0.717) is 50.0 Å². The first kappa shape index (κ1) is 21.1. The second-order valence-electron chi connectivity index (χ2n) is 6.38. The van der Waals surface area contributed by atoms with E-state index in [4.69, 9.17) is 14.2 Å². The largest absolute Gasteiger partial charge is 0.493 e. The van der Waals surface area contributed by atoms with E-state index in [2.05, 4.69) is 22.6 Å². The minimum absolute atomic E-state index is 0.0858. The Morgan fingerprint density at radius 3 is 2.66 bits per heavy atom. The summed E-state index contributed by atoms with van der Waals surface area (Å²) in [7, 11) is 1.57. The van der Waals surface area contributed by atoms with Crippen LogP contribution in [-0.2, 0) is 16.1 Å². The molecule has 0 bridgehead atoms. The van der Waals surface area contributed by atoms with E-state index in [9.17, 15) is 10.1 Å². The lowest BCUT2D eigenvalue weighted by Crippen LogP contribution is -2.41. The lowest BCUT2D eigenvalue weighted by Gasteiger charge is -2.26. The highest BCUT2D eigenvalue weighted by atomic mass is 127. The Bertz CT molecular complexity index is 932. The highest BCUT2D eigenvalue weighted by Gasteiger charge is 2.21. The smallest absolute Gasteiger partial charge is 0.264 e. The molecule has 0 unspecified atom stereocenters. The molecule has 0 aliphatic carbocycles. The van der Waals surface area contributed by atoms with E-state index < -0.39 is 0 Å². The van der Waals surface area contributed by atoms with Crippen LogP contribution in [0.15, 0.2) is 48.0 Å². The number of benzene rings is 2. The van der Waals surface area contributed by atoms with Gasteiger partial charge in [-0.3, -0.25) is 4.79 Å². The van der Waals surface area contributed by atoms with Crippen LogP contribution >= 0.6 is 22.6 Å². The van der Waals surface area contributed by atoms with Crippen LogP contribution in [0, 0.1) is 14.9 Å². The van der Waals surface area contributed by atoms with Crippen molar-refractivity contribution >= 4 is 34.6 Å². The van der Waals surface area contributed by atoms with Crippen LogP contribution in [0.4, 0.5) is 0 Å². The summed E-state index contributed by atoms with van der Waals surface area (Å²) in [5.41, 5.74) is 1.84. The second-order valence-corrected chi connectivity index (χ2v) is 7.54. The van der Waals surface area contributed by atoms with E-state index >= 15 is 0 Å². The number of halogens is 1. The molecular weight excluding hydrogens is 483 g/mol. The molecular formula is C22H21IN2O4. The van der Waals surface area contributed by atoms with Crippen molar-refractivity contribution in [1.29, 1.82) is 5.26 Å². The Balaban J connectivity index is 1.82. The van der Waals surface area contributed by atoms with Crippen LogP contribution in [0.1, 0.15) is 11.1 Å². The first-order chi connectivity index (χ1) is 14.1. The average Bonchev–Trinajstić information content (AvgIpc) is 2.77. The molecule has 1 saturated heterocycles. The Hall–Kier alpha value is -2.57. The van der Waals surface area contributed by atoms with Gasteiger partial charge in [0.1, 0.15) is 18.2 Å². The van der Waals surface area contributed by atoms with Gasteiger partial charge in [-0.1, -0.05) is 30.3 Å². The number of nitriles is 1. The molecule has 1 fully saturated rings. The fraction of sp³-hybridized carbons (Fsp3) is 0.273. The van der Waals surface area contributed by atoms with Crippen LogP contribution in [-0.4, -0.2) is 44.2 Å². The number of morpholine rings is 1. The highest BCUT2D eigenvalue weighted by molar-refractivity contribution is 14.1. The summed E-state index contributed by atoms with van der Waals surface area (Å²) in [6, 6.07) is 15.5. The summed E-state index contributed by atoms with van der Waals surface area (Å²) < 4.78 is 17.6. The predicted octanol–water partition coefficient (Wildman–Crippen LogP) is 3.64. The molecule has 0 atom stereocenters. The molecule has 1 heterocycles. The van der Waals surface area contributed by atoms with Gasteiger partial charge in [-0.15, -0.1) is 0 Å². The minimum Gasteiger partial charge on any atom is -0.493 e. The quantitative estimate of drug-likeness (QED) is 0.342. The second kappa shape index (κ2) is 10.3. The molecule has 1 amide bonds. The molecule has 1 aliphatic rings. The van der Waals surface area contributed by atoms with Gasteiger partial charge >= 0.3 is 0 Å². The molecule has 1 aliphatic heterocycles. The third-order valence-electron chi connectivity index (χ3n) is 4.44.